The van der Waals surface area contributed by atoms with Crippen LogP contribution in [-0.4, -0.2) is 0 Å². The van der Waals surface area contributed by atoms with E-state index in [-0.39, 0.29) is 0 Å². The molecule has 12 aromatic rings. The highest BCUT2D eigenvalue weighted by molar-refractivity contribution is 6.25. The van der Waals surface area contributed by atoms with Crippen LogP contribution in [-0.2, 0) is 5.41 Å². The Morgan fingerprint density at radius 1 is 0.203 bits per heavy atom. The Kier molecular flexibility index (Phi) is 8.84. The molecule has 0 bridgehead atoms. The second kappa shape index (κ2) is 15.6. The minimum absolute atomic E-state index is 0.685. The molecule has 12 aromatic carbocycles. The molecule has 2 heteroatoms. The van der Waals surface area contributed by atoms with Gasteiger partial charge in [0.1, 0.15) is 0 Å². The summed E-state index contributed by atoms with van der Waals surface area (Å²) in [6, 6.07) is 98.9. The van der Waals surface area contributed by atoms with Gasteiger partial charge in [-0.2, -0.15) is 0 Å². The lowest BCUT2D eigenvalue weighted by atomic mass is 9.60. The molecule has 2 aliphatic rings. The maximum Gasteiger partial charge on any atom is 0.0783 e. The van der Waals surface area contributed by atoms with Crippen molar-refractivity contribution in [2.45, 2.75) is 5.41 Å². The summed E-state index contributed by atoms with van der Waals surface area (Å²) in [5, 5.41) is 7.66. The van der Waals surface area contributed by atoms with E-state index in [1.165, 1.54) is 105 Å². The summed E-state index contributed by atoms with van der Waals surface area (Å²) in [5.41, 5.74) is 18.4. The Morgan fingerprint density at radius 3 is 0.986 bits per heavy atom. The maximum absolute atomic E-state index is 2.51. The minimum atomic E-state index is -0.685. The molecule has 0 aromatic heterocycles. The normalized spacial score (nSPS) is 13.3. The first kappa shape index (κ1) is 39.2. The largest absolute Gasteiger partial charge is 0.310 e. The molecule has 0 N–H and O–H groups in total. The van der Waals surface area contributed by atoms with Crippen LogP contribution in [0.4, 0.5) is 34.1 Å². The van der Waals surface area contributed by atoms with Crippen molar-refractivity contribution >= 4 is 66.4 Å². The van der Waals surface area contributed by atoms with Crippen LogP contribution >= 0.6 is 0 Å². The lowest BCUT2D eigenvalue weighted by Crippen LogP contribution is -2.42. The monoisotopic (exact) mass is 876 g/mol. The van der Waals surface area contributed by atoms with E-state index in [4.69, 9.17) is 0 Å². The van der Waals surface area contributed by atoms with Crippen LogP contribution in [0.1, 0.15) is 22.3 Å². The van der Waals surface area contributed by atoms with E-state index in [9.17, 15) is 0 Å². The predicted molar refractivity (Wildman–Crippen MR) is 290 cm³/mol. The summed E-state index contributed by atoms with van der Waals surface area (Å²) in [5.74, 6) is 0. The van der Waals surface area contributed by atoms with E-state index in [1.54, 1.807) is 0 Å². The summed E-state index contributed by atoms with van der Waals surface area (Å²) in [6.07, 6.45) is 0. The SMILES string of the molecule is c1ccc(-c2ccc(N3c4ccccc4C4(c5ccccc53)c3ccccc3N(c3ccc(-c5ccccc5)cc3)c3ccc(-c5ccc6c7ccccc7c7ccccc7c6c5)cc34)cc2)cc1. The van der Waals surface area contributed by atoms with Gasteiger partial charge in [0.15, 0.2) is 0 Å². The van der Waals surface area contributed by atoms with E-state index in [0.29, 0.717) is 0 Å². The van der Waals surface area contributed by atoms with Crippen molar-refractivity contribution in [2.24, 2.45) is 0 Å². The van der Waals surface area contributed by atoms with Gasteiger partial charge in [-0.3, -0.25) is 0 Å². The lowest BCUT2D eigenvalue weighted by molar-refractivity contribution is 0.719. The summed E-state index contributed by atoms with van der Waals surface area (Å²) in [4.78, 5) is 4.97. The number of para-hydroxylation sites is 3. The van der Waals surface area contributed by atoms with Crippen molar-refractivity contribution in [3.05, 3.63) is 289 Å². The third kappa shape index (κ3) is 5.92. The van der Waals surface area contributed by atoms with Crippen molar-refractivity contribution in [1.29, 1.82) is 0 Å². The van der Waals surface area contributed by atoms with Crippen molar-refractivity contribution in [3.8, 4) is 33.4 Å². The number of nitrogens with zero attached hydrogens (tertiary/aromatic N) is 2. The molecule has 2 heterocycles. The minimum Gasteiger partial charge on any atom is -0.310 e. The zero-order chi connectivity index (χ0) is 45.5. The molecule has 69 heavy (non-hydrogen) atoms. The first-order valence-corrected chi connectivity index (χ1v) is 23.9. The van der Waals surface area contributed by atoms with Crippen LogP contribution in [0.25, 0.3) is 65.7 Å². The Hall–Kier alpha value is -8.98. The van der Waals surface area contributed by atoms with E-state index in [0.717, 1.165) is 17.1 Å². The molecule has 0 aliphatic carbocycles. The third-order valence-corrected chi connectivity index (χ3v) is 14.8. The zero-order valence-electron chi connectivity index (χ0n) is 37.8. The van der Waals surface area contributed by atoms with Gasteiger partial charge >= 0.3 is 0 Å². The number of anilines is 6. The van der Waals surface area contributed by atoms with Gasteiger partial charge in [-0.25, -0.2) is 0 Å². The molecule has 0 unspecified atom stereocenters. The van der Waals surface area contributed by atoms with Gasteiger partial charge in [0, 0.05) is 11.4 Å². The molecular formula is C67H44N2. The Bertz CT molecular complexity index is 3810. The first-order chi connectivity index (χ1) is 34.2. The Labute approximate surface area is 402 Å². The second-order valence-corrected chi connectivity index (χ2v) is 18.4. The van der Waals surface area contributed by atoms with Gasteiger partial charge < -0.3 is 9.80 Å². The van der Waals surface area contributed by atoms with Gasteiger partial charge in [-0.05, 0) is 149 Å². The molecular weight excluding hydrogens is 833 g/mol. The number of rotatable bonds is 5. The lowest BCUT2D eigenvalue weighted by Gasteiger charge is -2.51. The molecule has 0 amide bonds. The van der Waals surface area contributed by atoms with Crippen LogP contribution in [0.5, 0.6) is 0 Å². The standard InChI is InChI=1S/C67H44N2/c1-3-17-45(18-4-1)47-31-37-51(38-32-47)68-63-28-14-11-25-59(63)67(60-26-12-15-29-64(60)68)61-27-13-16-30-65(61)69(52-39-33-48(34-40-52)46-19-5-2-6-20-46)66-42-36-50(44-62(66)67)49-35-41-57-55-23-8-7-21-53(55)54-22-9-10-24-56(54)58(57)43-49/h1-44H. The fourth-order valence-corrected chi connectivity index (χ4v) is 11.8. The summed E-state index contributed by atoms with van der Waals surface area (Å²) >= 11 is 0. The summed E-state index contributed by atoms with van der Waals surface area (Å²) in [6.45, 7) is 0. The van der Waals surface area contributed by atoms with Gasteiger partial charge in [0.05, 0.1) is 28.2 Å². The van der Waals surface area contributed by atoms with Crippen molar-refractivity contribution in [2.75, 3.05) is 9.80 Å². The molecule has 0 atom stereocenters. The van der Waals surface area contributed by atoms with E-state index in [2.05, 4.69) is 277 Å². The summed E-state index contributed by atoms with van der Waals surface area (Å²) in [7, 11) is 0. The molecule has 1 spiro atoms. The zero-order valence-corrected chi connectivity index (χ0v) is 37.8. The number of hydrogen-bond donors (Lipinski definition) is 0. The molecule has 322 valence electrons. The predicted octanol–water partition coefficient (Wildman–Crippen LogP) is 18.1. The molecule has 0 saturated carbocycles. The highest BCUT2D eigenvalue weighted by Gasteiger charge is 2.52. The van der Waals surface area contributed by atoms with Gasteiger partial charge in [0.25, 0.3) is 0 Å². The quantitative estimate of drug-likeness (QED) is 0.159. The average molecular weight is 877 g/mol. The van der Waals surface area contributed by atoms with Crippen LogP contribution in [0, 0.1) is 0 Å². The number of fused-ring (bicyclic) bond motifs is 14. The van der Waals surface area contributed by atoms with Gasteiger partial charge in [-0.1, -0.05) is 206 Å². The smallest absolute Gasteiger partial charge is 0.0783 e. The van der Waals surface area contributed by atoms with Gasteiger partial charge in [-0.15, -0.1) is 0 Å². The molecule has 2 aliphatic heterocycles. The fraction of sp³-hybridized carbons (Fsp3) is 0.0149. The fourth-order valence-electron chi connectivity index (χ4n) is 11.8. The molecule has 2 nitrogen and oxygen atoms in total. The van der Waals surface area contributed by atoms with Crippen LogP contribution in [0.3, 0.4) is 0 Å². The topological polar surface area (TPSA) is 6.48 Å². The van der Waals surface area contributed by atoms with E-state index in [1.807, 2.05) is 0 Å². The molecule has 0 saturated heterocycles. The highest BCUT2D eigenvalue weighted by atomic mass is 15.2. The van der Waals surface area contributed by atoms with Crippen LogP contribution in [0.15, 0.2) is 267 Å². The summed E-state index contributed by atoms with van der Waals surface area (Å²) < 4.78 is 0. The number of benzene rings is 12. The van der Waals surface area contributed by atoms with Crippen molar-refractivity contribution < 1.29 is 0 Å². The first-order valence-electron chi connectivity index (χ1n) is 23.9. The molecule has 0 fully saturated rings. The number of hydrogen-bond acceptors (Lipinski definition) is 2. The third-order valence-electron chi connectivity index (χ3n) is 14.8. The van der Waals surface area contributed by atoms with Crippen molar-refractivity contribution in [3.63, 3.8) is 0 Å². The van der Waals surface area contributed by atoms with Crippen LogP contribution in [0.2, 0.25) is 0 Å². The van der Waals surface area contributed by atoms with Crippen molar-refractivity contribution in [1.82, 2.24) is 0 Å². The molecule has 14 rings (SSSR count). The Balaban J connectivity index is 1.03. The Morgan fingerprint density at radius 2 is 0.522 bits per heavy atom. The van der Waals surface area contributed by atoms with E-state index >= 15 is 0 Å². The second-order valence-electron chi connectivity index (χ2n) is 18.4. The average Bonchev–Trinajstić information content (AvgIpc) is 3.43. The molecule has 0 radical (unpaired) electrons. The maximum atomic E-state index is 2.51. The van der Waals surface area contributed by atoms with Gasteiger partial charge in [0.2, 0.25) is 0 Å². The van der Waals surface area contributed by atoms with E-state index < -0.39 is 5.41 Å². The highest BCUT2D eigenvalue weighted by Crippen LogP contribution is 2.64. The van der Waals surface area contributed by atoms with Crippen LogP contribution < -0.4 is 9.80 Å².